The molecule has 0 bridgehead atoms. The lowest BCUT2D eigenvalue weighted by Crippen LogP contribution is -2.16. The predicted octanol–water partition coefficient (Wildman–Crippen LogP) is 5.69. The number of benzene rings is 2. The number of terminal acetylenes is 1. The predicted molar refractivity (Wildman–Crippen MR) is 105 cm³/mol. The molecule has 0 fully saturated rings. The third-order valence-electron chi connectivity index (χ3n) is 3.30. The first-order chi connectivity index (χ1) is 11.9. The van der Waals surface area contributed by atoms with Crippen LogP contribution in [-0.4, -0.2) is 10.5 Å². The van der Waals surface area contributed by atoms with Crippen molar-refractivity contribution >= 4 is 73.9 Å². The lowest BCUT2D eigenvalue weighted by Gasteiger charge is -2.03. The van der Waals surface area contributed by atoms with Crippen molar-refractivity contribution in [1.29, 1.82) is 0 Å². The van der Waals surface area contributed by atoms with Crippen LogP contribution in [0.15, 0.2) is 35.3 Å². The molecule has 1 heterocycles. The molecule has 25 heavy (non-hydrogen) atoms. The standard InChI is InChI=1S/C17H8Cl4N2OS/c1-2-5-23-15-13(21)7-10(19)8-14(15)25-17(23)22-16(24)11-6-9(18)3-4-12(11)20/h1,3-4,6-8H,5H2. The average Bonchev–Trinajstić information content (AvgIpc) is 2.87. The summed E-state index contributed by atoms with van der Waals surface area (Å²) >= 11 is 25.6. The second-order valence-corrected chi connectivity index (χ2v) is 7.65. The van der Waals surface area contributed by atoms with Crippen molar-refractivity contribution in [3.8, 4) is 12.3 Å². The quantitative estimate of drug-likeness (QED) is 0.481. The molecule has 8 heteroatoms. The van der Waals surface area contributed by atoms with Gasteiger partial charge in [-0.15, -0.1) is 6.42 Å². The molecule has 3 aromatic rings. The molecule has 0 unspecified atom stereocenters. The van der Waals surface area contributed by atoms with Gasteiger partial charge in [-0.1, -0.05) is 63.7 Å². The fourth-order valence-corrected chi connectivity index (χ4v) is 4.44. The molecule has 0 aliphatic heterocycles. The highest BCUT2D eigenvalue weighted by atomic mass is 35.5. The summed E-state index contributed by atoms with van der Waals surface area (Å²) in [6, 6.07) is 7.98. The summed E-state index contributed by atoms with van der Waals surface area (Å²) in [5.41, 5.74) is 0.890. The van der Waals surface area contributed by atoms with E-state index in [1.807, 2.05) is 0 Å². The zero-order chi connectivity index (χ0) is 18.1. The van der Waals surface area contributed by atoms with Crippen LogP contribution in [-0.2, 0) is 6.54 Å². The smallest absolute Gasteiger partial charge is 0.281 e. The van der Waals surface area contributed by atoms with Crippen LogP contribution < -0.4 is 4.80 Å². The van der Waals surface area contributed by atoms with Crippen LogP contribution in [0.4, 0.5) is 0 Å². The van der Waals surface area contributed by atoms with Crippen LogP contribution in [0.25, 0.3) is 10.2 Å². The Morgan fingerprint density at radius 1 is 1.12 bits per heavy atom. The van der Waals surface area contributed by atoms with Gasteiger partial charge in [0.15, 0.2) is 4.80 Å². The summed E-state index contributed by atoms with van der Waals surface area (Å²) in [5, 5.41) is 1.58. The van der Waals surface area contributed by atoms with Gasteiger partial charge >= 0.3 is 0 Å². The van der Waals surface area contributed by atoms with E-state index in [0.717, 1.165) is 4.70 Å². The number of fused-ring (bicyclic) bond motifs is 1. The number of nitrogens with zero attached hydrogens (tertiary/aromatic N) is 2. The van der Waals surface area contributed by atoms with Crippen LogP contribution >= 0.6 is 57.7 Å². The number of carbonyl (C=O) groups is 1. The molecule has 0 atom stereocenters. The highest BCUT2D eigenvalue weighted by Crippen LogP contribution is 2.30. The third-order valence-corrected chi connectivity index (χ3v) is 5.40. The van der Waals surface area contributed by atoms with E-state index in [0.29, 0.717) is 25.4 Å². The summed E-state index contributed by atoms with van der Waals surface area (Å²) < 4.78 is 2.46. The second kappa shape index (κ2) is 7.41. The molecule has 0 N–H and O–H groups in total. The van der Waals surface area contributed by atoms with Crippen molar-refractivity contribution in [1.82, 2.24) is 4.57 Å². The van der Waals surface area contributed by atoms with Crippen molar-refractivity contribution in [2.45, 2.75) is 6.54 Å². The fourth-order valence-electron chi connectivity index (χ4n) is 2.26. The van der Waals surface area contributed by atoms with E-state index in [1.165, 1.54) is 17.4 Å². The Morgan fingerprint density at radius 2 is 1.88 bits per heavy atom. The summed E-state index contributed by atoms with van der Waals surface area (Å²) in [7, 11) is 0. The fraction of sp³-hybridized carbons (Fsp3) is 0.0588. The number of hydrogen-bond acceptors (Lipinski definition) is 2. The molecule has 3 rings (SSSR count). The lowest BCUT2D eigenvalue weighted by molar-refractivity contribution is 0.0998. The summed E-state index contributed by atoms with van der Waals surface area (Å²) in [5.74, 6) is 2.02. The van der Waals surface area contributed by atoms with Crippen LogP contribution in [0.2, 0.25) is 20.1 Å². The van der Waals surface area contributed by atoms with Crippen molar-refractivity contribution < 1.29 is 4.79 Å². The van der Waals surface area contributed by atoms with Crippen LogP contribution in [0.5, 0.6) is 0 Å². The van der Waals surface area contributed by atoms with Crippen LogP contribution in [0.3, 0.4) is 0 Å². The third kappa shape index (κ3) is 3.72. The monoisotopic (exact) mass is 428 g/mol. The molecule has 126 valence electrons. The zero-order valence-electron chi connectivity index (χ0n) is 12.4. The molecule has 0 spiro atoms. The van der Waals surface area contributed by atoms with Crippen LogP contribution in [0.1, 0.15) is 10.4 Å². The van der Waals surface area contributed by atoms with Gasteiger partial charge in [0.1, 0.15) is 0 Å². The van der Waals surface area contributed by atoms with Gasteiger partial charge < -0.3 is 4.57 Å². The van der Waals surface area contributed by atoms with Crippen molar-refractivity contribution in [3.05, 3.63) is 60.8 Å². The second-order valence-electron chi connectivity index (χ2n) is 4.95. The number of amides is 1. The largest absolute Gasteiger partial charge is 0.303 e. The minimum absolute atomic E-state index is 0.205. The Balaban J connectivity index is 2.24. The minimum Gasteiger partial charge on any atom is -0.303 e. The van der Waals surface area contributed by atoms with Gasteiger partial charge in [-0.25, -0.2) is 0 Å². The Bertz CT molecular complexity index is 1110. The van der Waals surface area contributed by atoms with E-state index in [1.54, 1.807) is 28.8 Å². The van der Waals surface area contributed by atoms with E-state index < -0.39 is 5.91 Å². The lowest BCUT2D eigenvalue weighted by atomic mass is 10.2. The number of hydrogen-bond donors (Lipinski definition) is 0. The molecular weight excluding hydrogens is 422 g/mol. The number of rotatable bonds is 2. The molecule has 0 aliphatic rings. The first kappa shape index (κ1) is 18.3. The van der Waals surface area contributed by atoms with Crippen molar-refractivity contribution in [2.75, 3.05) is 0 Å². The maximum Gasteiger partial charge on any atom is 0.281 e. The molecule has 0 aliphatic carbocycles. The first-order valence-corrected chi connectivity index (χ1v) is 9.19. The van der Waals surface area contributed by atoms with Gasteiger partial charge in [0, 0.05) is 10.0 Å². The normalized spacial score (nSPS) is 11.7. The maximum absolute atomic E-state index is 12.5. The van der Waals surface area contributed by atoms with E-state index in [4.69, 9.17) is 52.8 Å². The summed E-state index contributed by atoms with van der Waals surface area (Å²) in [6.45, 7) is 0.205. The number of thiazole rings is 1. The van der Waals surface area contributed by atoms with E-state index in [-0.39, 0.29) is 17.1 Å². The Morgan fingerprint density at radius 3 is 2.60 bits per heavy atom. The van der Waals surface area contributed by atoms with Crippen molar-refractivity contribution in [2.24, 2.45) is 4.99 Å². The van der Waals surface area contributed by atoms with E-state index >= 15 is 0 Å². The highest BCUT2D eigenvalue weighted by Gasteiger charge is 2.14. The van der Waals surface area contributed by atoms with Gasteiger partial charge in [0.2, 0.25) is 0 Å². The number of aromatic nitrogens is 1. The Kier molecular flexibility index (Phi) is 5.43. The van der Waals surface area contributed by atoms with Crippen molar-refractivity contribution in [3.63, 3.8) is 0 Å². The first-order valence-electron chi connectivity index (χ1n) is 6.86. The Labute approximate surface area is 167 Å². The summed E-state index contributed by atoms with van der Waals surface area (Å²) in [4.78, 5) is 17.1. The molecule has 0 saturated carbocycles. The van der Waals surface area contributed by atoms with Gasteiger partial charge in [0.05, 0.1) is 32.4 Å². The number of carbonyl (C=O) groups excluding carboxylic acids is 1. The summed E-state index contributed by atoms with van der Waals surface area (Å²) in [6.07, 6.45) is 5.45. The highest BCUT2D eigenvalue weighted by molar-refractivity contribution is 7.16. The molecule has 0 radical (unpaired) electrons. The molecule has 2 aromatic carbocycles. The average molecular weight is 430 g/mol. The molecule has 1 amide bonds. The van der Waals surface area contributed by atoms with Gasteiger partial charge in [-0.3, -0.25) is 4.79 Å². The molecule has 0 saturated heterocycles. The molecular formula is C17H8Cl4N2OS. The minimum atomic E-state index is -0.521. The van der Waals surface area contributed by atoms with Crippen LogP contribution in [0, 0.1) is 12.3 Å². The van der Waals surface area contributed by atoms with Gasteiger partial charge in [-0.2, -0.15) is 4.99 Å². The zero-order valence-corrected chi connectivity index (χ0v) is 16.2. The molecule has 3 nitrogen and oxygen atoms in total. The topological polar surface area (TPSA) is 34.4 Å². The molecule has 1 aromatic heterocycles. The Hall–Kier alpha value is -1.48. The number of halogens is 4. The SMILES string of the molecule is C#CCn1c(=NC(=O)c2cc(Cl)ccc2Cl)sc2cc(Cl)cc(Cl)c21. The van der Waals surface area contributed by atoms with Gasteiger partial charge in [0.25, 0.3) is 5.91 Å². The van der Waals surface area contributed by atoms with Gasteiger partial charge in [-0.05, 0) is 30.3 Å². The van der Waals surface area contributed by atoms with E-state index in [2.05, 4.69) is 10.9 Å². The maximum atomic E-state index is 12.5. The van der Waals surface area contributed by atoms with E-state index in [9.17, 15) is 4.79 Å².